The minimum Gasteiger partial charge on any atom is -0.478 e. The summed E-state index contributed by atoms with van der Waals surface area (Å²) in [5.74, 6) is -0.357. The van der Waals surface area contributed by atoms with E-state index in [2.05, 4.69) is 6.92 Å². The van der Waals surface area contributed by atoms with E-state index in [-0.39, 0.29) is 5.91 Å². The van der Waals surface area contributed by atoms with Crippen LogP contribution in [0.2, 0.25) is 0 Å². The van der Waals surface area contributed by atoms with Crippen LogP contribution in [0.15, 0.2) is 18.2 Å². The average Bonchev–Trinajstić information content (AvgIpc) is 2.94. The van der Waals surface area contributed by atoms with E-state index in [1.807, 2.05) is 4.90 Å². The van der Waals surface area contributed by atoms with Gasteiger partial charge in [0.05, 0.1) is 4.88 Å². The molecule has 1 N–H and O–H groups in total. The van der Waals surface area contributed by atoms with Gasteiger partial charge in [-0.15, -0.1) is 11.3 Å². The maximum atomic E-state index is 12.1. The minimum absolute atomic E-state index is 0.0549. The summed E-state index contributed by atoms with van der Waals surface area (Å²) in [6, 6.07) is 3.54. The number of thiophene rings is 1. The summed E-state index contributed by atoms with van der Waals surface area (Å²) < 4.78 is 0. The number of rotatable bonds is 3. The Kier molecular flexibility index (Phi) is 3.81. The van der Waals surface area contributed by atoms with E-state index in [1.165, 1.54) is 17.4 Å². The highest BCUT2D eigenvalue weighted by Gasteiger charge is 2.24. The molecule has 1 atom stereocenters. The van der Waals surface area contributed by atoms with Crippen molar-refractivity contribution in [1.29, 1.82) is 0 Å². The van der Waals surface area contributed by atoms with E-state index in [4.69, 9.17) is 5.11 Å². The van der Waals surface area contributed by atoms with Crippen LogP contribution in [0.3, 0.4) is 0 Å². The molecule has 1 aliphatic heterocycles. The first kappa shape index (κ1) is 12.8. The lowest BCUT2D eigenvalue weighted by atomic mass is 10.2. The van der Waals surface area contributed by atoms with Crippen LogP contribution in [-0.4, -0.2) is 35.0 Å². The number of carboxylic acid groups (broad SMARTS) is 1. The summed E-state index contributed by atoms with van der Waals surface area (Å²) in [5, 5.41) is 8.54. The quantitative estimate of drug-likeness (QED) is 0.853. The molecule has 96 valence electrons. The normalized spacial score (nSPS) is 19.6. The molecule has 1 aromatic heterocycles. The van der Waals surface area contributed by atoms with Crippen LogP contribution in [0.4, 0.5) is 0 Å². The molecule has 2 rings (SSSR count). The molecule has 1 aliphatic rings. The summed E-state index contributed by atoms with van der Waals surface area (Å²) in [7, 11) is 0. The van der Waals surface area contributed by atoms with Crippen molar-refractivity contribution in [3.63, 3.8) is 0 Å². The molecule has 4 nitrogen and oxygen atoms in total. The highest BCUT2D eigenvalue weighted by Crippen LogP contribution is 2.23. The van der Waals surface area contributed by atoms with E-state index in [0.29, 0.717) is 10.8 Å². The number of carboxylic acids is 1. The van der Waals surface area contributed by atoms with Crippen LogP contribution in [0.25, 0.3) is 6.08 Å². The maximum Gasteiger partial charge on any atom is 0.328 e. The highest BCUT2D eigenvalue weighted by atomic mass is 32.1. The number of likely N-dealkylation sites (tertiary alicyclic amines) is 1. The van der Waals surface area contributed by atoms with Crippen molar-refractivity contribution in [3.05, 3.63) is 28.0 Å². The fourth-order valence-corrected chi connectivity index (χ4v) is 2.86. The number of hydrogen-bond acceptors (Lipinski definition) is 3. The molecule has 5 heteroatoms. The topological polar surface area (TPSA) is 57.6 Å². The van der Waals surface area contributed by atoms with E-state index < -0.39 is 5.97 Å². The Bertz CT molecular complexity index is 492. The van der Waals surface area contributed by atoms with Crippen LogP contribution >= 0.6 is 11.3 Å². The smallest absolute Gasteiger partial charge is 0.328 e. The Hall–Kier alpha value is -1.62. The van der Waals surface area contributed by atoms with Gasteiger partial charge < -0.3 is 10.0 Å². The Morgan fingerprint density at radius 2 is 2.28 bits per heavy atom. The molecule has 2 heterocycles. The lowest BCUT2D eigenvalue weighted by Gasteiger charge is -2.14. The predicted octanol–water partition coefficient (Wildman–Crippen LogP) is 2.33. The summed E-state index contributed by atoms with van der Waals surface area (Å²) in [6.07, 6.45) is 3.65. The SMILES string of the molecule is CC1CCN(C(=O)c2ccc(/C=C/C(=O)O)s2)C1. The molecule has 18 heavy (non-hydrogen) atoms. The van der Waals surface area contributed by atoms with Gasteiger partial charge in [-0.2, -0.15) is 0 Å². The number of carbonyl (C=O) groups excluding carboxylic acids is 1. The molecule has 0 bridgehead atoms. The third kappa shape index (κ3) is 2.98. The second kappa shape index (κ2) is 5.35. The van der Waals surface area contributed by atoms with Crippen molar-refractivity contribution in [2.75, 3.05) is 13.1 Å². The largest absolute Gasteiger partial charge is 0.478 e. The summed E-state index contributed by atoms with van der Waals surface area (Å²) in [5.41, 5.74) is 0. The van der Waals surface area contributed by atoms with Crippen LogP contribution in [0, 0.1) is 5.92 Å². The maximum absolute atomic E-state index is 12.1. The third-order valence-corrected chi connectivity index (χ3v) is 3.98. The van der Waals surface area contributed by atoms with Gasteiger partial charge in [0.2, 0.25) is 0 Å². The summed E-state index contributed by atoms with van der Waals surface area (Å²) >= 11 is 1.33. The molecular formula is C13H15NO3S. The Morgan fingerprint density at radius 1 is 1.50 bits per heavy atom. The third-order valence-electron chi connectivity index (χ3n) is 2.94. The first-order valence-electron chi connectivity index (χ1n) is 5.86. The van der Waals surface area contributed by atoms with E-state index in [1.54, 1.807) is 12.1 Å². The lowest BCUT2D eigenvalue weighted by molar-refractivity contribution is -0.131. The first-order chi connectivity index (χ1) is 8.56. The van der Waals surface area contributed by atoms with Gasteiger partial charge in [0.15, 0.2) is 0 Å². The standard InChI is InChI=1S/C13H15NO3S/c1-9-6-7-14(8-9)13(17)11-4-2-10(18-11)3-5-12(15)16/h2-5,9H,6-8H2,1H3,(H,15,16)/b5-3+. The number of amides is 1. The Morgan fingerprint density at radius 3 is 2.89 bits per heavy atom. The summed E-state index contributed by atoms with van der Waals surface area (Å²) in [6.45, 7) is 3.78. The van der Waals surface area contributed by atoms with Crippen LogP contribution < -0.4 is 0 Å². The molecule has 0 saturated carbocycles. The van der Waals surface area contributed by atoms with Crippen molar-refractivity contribution in [2.24, 2.45) is 5.92 Å². The molecule has 0 spiro atoms. The first-order valence-corrected chi connectivity index (χ1v) is 6.68. The number of aliphatic carboxylic acids is 1. The molecule has 1 aromatic rings. The summed E-state index contributed by atoms with van der Waals surface area (Å²) in [4.78, 5) is 25.9. The van der Waals surface area contributed by atoms with Gasteiger partial charge in [-0.3, -0.25) is 4.79 Å². The van der Waals surface area contributed by atoms with E-state index in [9.17, 15) is 9.59 Å². The molecule has 0 aliphatic carbocycles. The fourth-order valence-electron chi connectivity index (χ4n) is 1.99. The molecule has 1 saturated heterocycles. The monoisotopic (exact) mass is 265 g/mol. The molecule has 0 radical (unpaired) electrons. The molecule has 1 amide bonds. The van der Waals surface area contributed by atoms with Crippen LogP contribution in [0.5, 0.6) is 0 Å². The zero-order chi connectivity index (χ0) is 13.1. The predicted molar refractivity (Wildman–Crippen MR) is 70.7 cm³/mol. The molecule has 1 unspecified atom stereocenters. The number of carbonyl (C=O) groups is 2. The lowest BCUT2D eigenvalue weighted by Crippen LogP contribution is -2.27. The zero-order valence-electron chi connectivity index (χ0n) is 10.1. The van der Waals surface area contributed by atoms with Gasteiger partial charge in [0, 0.05) is 24.0 Å². The molecule has 1 fully saturated rings. The minimum atomic E-state index is -0.982. The Balaban J connectivity index is 2.05. The number of nitrogens with zero attached hydrogens (tertiary/aromatic N) is 1. The van der Waals surface area contributed by atoms with Gasteiger partial charge in [-0.25, -0.2) is 4.79 Å². The highest BCUT2D eigenvalue weighted by molar-refractivity contribution is 7.14. The van der Waals surface area contributed by atoms with Crippen LogP contribution in [-0.2, 0) is 4.79 Å². The van der Waals surface area contributed by atoms with E-state index in [0.717, 1.165) is 30.5 Å². The second-order valence-electron chi connectivity index (χ2n) is 4.52. The molecule has 0 aromatic carbocycles. The van der Waals surface area contributed by atoms with Crippen LogP contribution in [0.1, 0.15) is 27.9 Å². The number of hydrogen-bond donors (Lipinski definition) is 1. The van der Waals surface area contributed by atoms with Gasteiger partial charge >= 0.3 is 5.97 Å². The van der Waals surface area contributed by atoms with Crippen molar-refractivity contribution in [1.82, 2.24) is 4.90 Å². The van der Waals surface area contributed by atoms with Crippen molar-refractivity contribution in [3.8, 4) is 0 Å². The van der Waals surface area contributed by atoms with Crippen molar-refractivity contribution >= 4 is 29.3 Å². The molecular weight excluding hydrogens is 250 g/mol. The van der Waals surface area contributed by atoms with Gasteiger partial charge in [0.25, 0.3) is 5.91 Å². The average molecular weight is 265 g/mol. The second-order valence-corrected chi connectivity index (χ2v) is 5.63. The van der Waals surface area contributed by atoms with Gasteiger partial charge in [-0.1, -0.05) is 6.92 Å². The Labute approximate surface area is 110 Å². The zero-order valence-corrected chi connectivity index (χ0v) is 10.9. The fraction of sp³-hybridized carbons (Fsp3) is 0.385. The van der Waals surface area contributed by atoms with Crippen molar-refractivity contribution in [2.45, 2.75) is 13.3 Å². The van der Waals surface area contributed by atoms with Crippen molar-refractivity contribution < 1.29 is 14.7 Å². The van der Waals surface area contributed by atoms with Gasteiger partial charge in [-0.05, 0) is 30.5 Å². The van der Waals surface area contributed by atoms with E-state index >= 15 is 0 Å². The van der Waals surface area contributed by atoms with Gasteiger partial charge in [0.1, 0.15) is 0 Å².